The molecule has 7 nitrogen and oxygen atoms in total. The van der Waals surface area contributed by atoms with Crippen molar-refractivity contribution in [1.29, 1.82) is 5.26 Å². The largest absolute Gasteiger partial charge is 0.367 e. The zero-order valence-electron chi connectivity index (χ0n) is 16.3. The van der Waals surface area contributed by atoms with Gasteiger partial charge in [-0.05, 0) is 62.7 Å². The Morgan fingerprint density at radius 2 is 1.96 bits per heavy atom. The minimum absolute atomic E-state index is 0.0369. The van der Waals surface area contributed by atoms with Crippen LogP contribution in [0.1, 0.15) is 31.2 Å². The molecule has 0 unspecified atom stereocenters. The number of likely N-dealkylation sites (tertiary alicyclic amines) is 1. The number of pyridine rings is 1. The predicted molar refractivity (Wildman–Crippen MR) is 106 cm³/mol. The number of aromatic nitrogens is 1. The highest BCUT2D eigenvalue weighted by Crippen LogP contribution is 2.31. The number of anilines is 1. The lowest BCUT2D eigenvalue weighted by atomic mass is 9.95. The van der Waals surface area contributed by atoms with Crippen molar-refractivity contribution in [1.82, 2.24) is 14.8 Å². The fraction of sp³-hybridized carbons (Fsp3) is 0.667. The molecule has 0 bridgehead atoms. The summed E-state index contributed by atoms with van der Waals surface area (Å²) in [5.41, 5.74) is 0.541. The quantitative estimate of drug-likeness (QED) is 0.772. The van der Waals surface area contributed by atoms with Crippen molar-refractivity contribution in [3.05, 3.63) is 23.9 Å². The van der Waals surface area contributed by atoms with Crippen LogP contribution in [-0.2, 0) is 9.53 Å². The smallest absolute Gasteiger partial charge is 0.248 e. The number of amides is 1. The first-order valence-corrected chi connectivity index (χ1v) is 10.4. The number of carbonyl (C=O) groups is 1. The average Bonchev–Trinajstić information content (AvgIpc) is 3.54. The SMILES string of the molecule is N#Cc1ccc(NC[C@H]2CN(CC3CCN(CC4CC4)CC3)C(=O)CO2)nc1. The molecule has 0 spiro atoms. The van der Waals surface area contributed by atoms with Gasteiger partial charge in [-0.25, -0.2) is 4.98 Å². The van der Waals surface area contributed by atoms with Crippen LogP contribution < -0.4 is 5.32 Å². The fourth-order valence-electron chi connectivity index (χ4n) is 4.09. The molecule has 2 aliphatic heterocycles. The van der Waals surface area contributed by atoms with Crippen LogP contribution in [0.25, 0.3) is 0 Å². The second-order valence-electron chi connectivity index (χ2n) is 8.34. The number of ether oxygens (including phenoxy) is 1. The van der Waals surface area contributed by atoms with Gasteiger partial charge in [-0.1, -0.05) is 0 Å². The highest BCUT2D eigenvalue weighted by molar-refractivity contribution is 5.78. The van der Waals surface area contributed by atoms with Crippen molar-refractivity contribution in [3.8, 4) is 6.07 Å². The third-order valence-electron chi connectivity index (χ3n) is 6.02. The third kappa shape index (κ3) is 5.21. The maximum atomic E-state index is 12.3. The summed E-state index contributed by atoms with van der Waals surface area (Å²) >= 11 is 0. The Balaban J connectivity index is 1.21. The van der Waals surface area contributed by atoms with E-state index in [2.05, 4.69) is 21.3 Å². The second kappa shape index (κ2) is 8.89. The summed E-state index contributed by atoms with van der Waals surface area (Å²) in [4.78, 5) is 21.1. The summed E-state index contributed by atoms with van der Waals surface area (Å²) in [5.74, 6) is 2.38. The molecule has 1 saturated carbocycles. The standard InChI is InChI=1S/C21H29N5O2/c22-9-18-3-4-20(23-10-18)24-11-19-14-26(21(27)15-28-19)13-17-5-7-25(8-6-17)12-16-1-2-16/h3-4,10,16-17,19H,1-2,5-8,11-15H2,(H,23,24)/t19-/m0/s1. The Kier molecular flexibility index (Phi) is 6.08. The van der Waals surface area contributed by atoms with Gasteiger partial charge in [-0.3, -0.25) is 4.79 Å². The highest BCUT2D eigenvalue weighted by atomic mass is 16.5. The Labute approximate surface area is 166 Å². The lowest BCUT2D eigenvalue weighted by Gasteiger charge is -2.38. The number of rotatable bonds is 7. The molecule has 2 saturated heterocycles. The van der Waals surface area contributed by atoms with Crippen LogP contribution in [0.2, 0.25) is 0 Å². The number of nitrogens with zero attached hydrogens (tertiary/aromatic N) is 4. The summed E-state index contributed by atoms with van der Waals surface area (Å²) in [7, 11) is 0. The van der Waals surface area contributed by atoms with Gasteiger partial charge in [0, 0.05) is 32.4 Å². The number of hydrogen-bond acceptors (Lipinski definition) is 6. The van der Waals surface area contributed by atoms with E-state index < -0.39 is 0 Å². The second-order valence-corrected chi connectivity index (χ2v) is 8.34. The van der Waals surface area contributed by atoms with E-state index in [4.69, 9.17) is 10.00 Å². The predicted octanol–water partition coefficient (Wildman–Crippen LogP) is 1.71. The summed E-state index contributed by atoms with van der Waals surface area (Å²) in [6, 6.07) is 5.59. The van der Waals surface area contributed by atoms with Crippen LogP contribution in [0.5, 0.6) is 0 Å². The van der Waals surface area contributed by atoms with Crippen LogP contribution in [0.4, 0.5) is 5.82 Å². The van der Waals surface area contributed by atoms with Gasteiger partial charge >= 0.3 is 0 Å². The van der Waals surface area contributed by atoms with Gasteiger partial charge in [0.15, 0.2) is 0 Å². The van der Waals surface area contributed by atoms with Gasteiger partial charge in [0.25, 0.3) is 0 Å². The van der Waals surface area contributed by atoms with E-state index in [1.807, 2.05) is 4.90 Å². The van der Waals surface area contributed by atoms with Crippen molar-refractivity contribution >= 4 is 11.7 Å². The maximum Gasteiger partial charge on any atom is 0.248 e. The number of hydrogen-bond donors (Lipinski definition) is 1. The van der Waals surface area contributed by atoms with E-state index in [0.29, 0.717) is 30.4 Å². The number of piperidine rings is 1. The van der Waals surface area contributed by atoms with Gasteiger partial charge < -0.3 is 19.9 Å². The van der Waals surface area contributed by atoms with E-state index in [9.17, 15) is 4.79 Å². The van der Waals surface area contributed by atoms with E-state index in [0.717, 1.165) is 12.5 Å². The first-order valence-electron chi connectivity index (χ1n) is 10.4. The monoisotopic (exact) mass is 383 g/mol. The van der Waals surface area contributed by atoms with E-state index >= 15 is 0 Å². The molecule has 1 aliphatic carbocycles. The Bertz CT molecular complexity index is 705. The molecule has 1 aromatic heterocycles. The lowest BCUT2D eigenvalue weighted by molar-refractivity contribution is -0.149. The van der Waals surface area contributed by atoms with E-state index in [1.165, 1.54) is 45.3 Å². The molecule has 3 fully saturated rings. The summed E-state index contributed by atoms with van der Waals surface area (Å²) in [6.07, 6.45) is 6.72. The molecular formula is C21H29N5O2. The number of carbonyl (C=O) groups excluding carboxylic acids is 1. The van der Waals surface area contributed by atoms with Gasteiger partial charge in [-0.2, -0.15) is 5.26 Å². The molecule has 7 heteroatoms. The fourth-order valence-corrected chi connectivity index (χ4v) is 4.09. The Hall–Kier alpha value is -2.17. The Morgan fingerprint density at radius 3 is 2.64 bits per heavy atom. The van der Waals surface area contributed by atoms with Crippen molar-refractivity contribution < 1.29 is 9.53 Å². The summed E-state index contributed by atoms with van der Waals surface area (Å²) in [5, 5.41) is 12.1. The van der Waals surface area contributed by atoms with Crippen LogP contribution in [0.3, 0.4) is 0 Å². The maximum absolute atomic E-state index is 12.3. The Morgan fingerprint density at radius 1 is 1.18 bits per heavy atom. The minimum atomic E-state index is -0.0369. The van der Waals surface area contributed by atoms with Crippen LogP contribution in [0.15, 0.2) is 18.3 Å². The molecule has 28 heavy (non-hydrogen) atoms. The molecule has 1 amide bonds. The molecule has 3 heterocycles. The third-order valence-corrected chi connectivity index (χ3v) is 6.02. The zero-order valence-corrected chi connectivity index (χ0v) is 16.3. The van der Waals surface area contributed by atoms with Gasteiger partial charge in [0.2, 0.25) is 5.91 Å². The number of nitriles is 1. The van der Waals surface area contributed by atoms with Gasteiger partial charge in [0.1, 0.15) is 18.5 Å². The van der Waals surface area contributed by atoms with Crippen molar-refractivity contribution in [2.45, 2.75) is 31.8 Å². The number of nitrogens with one attached hydrogen (secondary N) is 1. The minimum Gasteiger partial charge on any atom is -0.367 e. The molecule has 1 aromatic rings. The topological polar surface area (TPSA) is 81.5 Å². The molecule has 1 N–H and O–H groups in total. The van der Waals surface area contributed by atoms with Crippen molar-refractivity contribution in [3.63, 3.8) is 0 Å². The van der Waals surface area contributed by atoms with Crippen LogP contribution >= 0.6 is 0 Å². The molecule has 0 aromatic carbocycles. The normalized spacial score (nSPS) is 24.2. The molecular weight excluding hydrogens is 354 g/mol. The molecule has 0 radical (unpaired) electrons. The molecule has 3 aliphatic rings. The summed E-state index contributed by atoms with van der Waals surface area (Å²) < 4.78 is 5.70. The highest BCUT2D eigenvalue weighted by Gasteiger charge is 2.31. The first-order chi connectivity index (χ1) is 13.7. The summed E-state index contributed by atoms with van der Waals surface area (Å²) in [6.45, 7) is 5.87. The first kappa shape index (κ1) is 19.2. The van der Waals surface area contributed by atoms with E-state index in [-0.39, 0.29) is 18.6 Å². The van der Waals surface area contributed by atoms with Gasteiger partial charge in [0.05, 0.1) is 11.7 Å². The zero-order chi connectivity index (χ0) is 19.3. The molecule has 1 atom stereocenters. The average molecular weight is 383 g/mol. The van der Waals surface area contributed by atoms with Gasteiger partial charge in [-0.15, -0.1) is 0 Å². The lowest BCUT2D eigenvalue weighted by Crippen LogP contribution is -2.51. The molecule has 150 valence electrons. The molecule has 4 rings (SSSR count). The van der Waals surface area contributed by atoms with Crippen LogP contribution in [-0.4, -0.2) is 72.7 Å². The van der Waals surface area contributed by atoms with Crippen molar-refractivity contribution in [2.24, 2.45) is 11.8 Å². The van der Waals surface area contributed by atoms with Crippen LogP contribution in [0, 0.1) is 23.2 Å². The van der Waals surface area contributed by atoms with E-state index in [1.54, 1.807) is 18.3 Å². The van der Waals surface area contributed by atoms with Crippen molar-refractivity contribution in [2.75, 3.05) is 51.2 Å². The number of morpholine rings is 1.